The Kier molecular flexibility index (Phi) is 3.48. The number of hydrazine groups is 1. The number of carbonyl (C=O) groups is 2. The van der Waals surface area contributed by atoms with Crippen LogP contribution in [0.1, 0.15) is 19.8 Å². The summed E-state index contributed by atoms with van der Waals surface area (Å²) in [6, 6.07) is 0. The number of nitrogens with two attached hydrogens (primary N) is 1. The molecule has 2 N–H and O–H groups in total. The van der Waals surface area contributed by atoms with E-state index in [9.17, 15) is 9.59 Å². The first-order valence-electron chi connectivity index (χ1n) is 3.24. The van der Waals surface area contributed by atoms with Gasteiger partial charge in [-0.15, -0.1) is 12.4 Å². The largest absolute Gasteiger partial charge is 0.273 e. The number of halogens is 1. The number of imide groups is 1. The summed E-state index contributed by atoms with van der Waals surface area (Å²) in [5, 5.41) is 0.716. The Morgan fingerprint density at radius 1 is 1.55 bits per heavy atom. The number of amides is 2. The van der Waals surface area contributed by atoms with E-state index in [0.717, 1.165) is 0 Å². The smallest absolute Gasteiger partial charge is 0.246 e. The van der Waals surface area contributed by atoms with Crippen molar-refractivity contribution in [1.82, 2.24) is 5.01 Å². The summed E-state index contributed by atoms with van der Waals surface area (Å²) < 4.78 is 0. The highest BCUT2D eigenvalue weighted by atomic mass is 35.5. The second kappa shape index (κ2) is 3.69. The van der Waals surface area contributed by atoms with Crippen molar-refractivity contribution in [2.75, 3.05) is 0 Å². The van der Waals surface area contributed by atoms with Gasteiger partial charge >= 0.3 is 0 Å². The van der Waals surface area contributed by atoms with Gasteiger partial charge in [-0.2, -0.15) is 0 Å². The molecular weight excluding hydrogens is 168 g/mol. The van der Waals surface area contributed by atoms with E-state index < -0.39 is 0 Å². The number of rotatable bonds is 0. The molecule has 1 unspecified atom stereocenters. The molecule has 11 heavy (non-hydrogen) atoms. The van der Waals surface area contributed by atoms with Crippen molar-refractivity contribution in [3.8, 4) is 0 Å². The number of carbonyl (C=O) groups excluding carboxylic acids is 2. The molecule has 1 heterocycles. The van der Waals surface area contributed by atoms with Crippen LogP contribution in [0.15, 0.2) is 0 Å². The van der Waals surface area contributed by atoms with Crippen molar-refractivity contribution >= 4 is 24.2 Å². The summed E-state index contributed by atoms with van der Waals surface area (Å²) in [6.07, 6.45) is 1.02. The molecule has 1 fully saturated rings. The fourth-order valence-corrected chi connectivity index (χ4v) is 0.944. The Labute approximate surface area is 71.1 Å². The van der Waals surface area contributed by atoms with Crippen molar-refractivity contribution < 1.29 is 9.59 Å². The van der Waals surface area contributed by atoms with Crippen LogP contribution in [0.5, 0.6) is 0 Å². The highest BCUT2D eigenvalue weighted by Crippen LogP contribution is 2.14. The summed E-state index contributed by atoms with van der Waals surface area (Å²) in [5.41, 5.74) is 0. The minimum Gasteiger partial charge on any atom is -0.273 e. The molecule has 64 valence electrons. The minimum absolute atomic E-state index is 0. The molecule has 0 aromatic rings. The summed E-state index contributed by atoms with van der Waals surface area (Å²) in [4.78, 5) is 21.6. The highest BCUT2D eigenvalue weighted by molar-refractivity contribution is 5.97. The van der Waals surface area contributed by atoms with E-state index in [0.29, 0.717) is 17.9 Å². The van der Waals surface area contributed by atoms with Crippen molar-refractivity contribution in [2.24, 2.45) is 11.8 Å². The van der Waals surface area contributed by atoms with Crippen LogP contribution in [0.25, 0.3) is 0 Å². The SMILES string of the molecule is CC1CCC(=O)N(N)C1=O.Cl. The lowest BCUT2D eigenvalue weighted by molar-refractivity contribution is -0.151. The van der Waals surface area contributed by atoms with Crippen molar-refractivity contribution in [3.63, 3.8) is 0 Å². The zero-order valence-corrected chi connectivity index (χ0v) is 7.06. The van der Waals surface area contributed by atoms with E-state index in [2.05, 4.69) is 0 Å². The third kappa shape index (κ3) is 1.91. The summed E-state index contributed by atoms with van der Waals surface area (Å²) in [5.74, 6) is 4.51. The molecule has 1 aliphatic heterocycles. The van der Waals surface area contributed by atoms with Gasteiger partial charge in [-0.25, -0.2) is 10.9 Å². The predicted octanol–water partition coefficient (Wildman–Crippen LogP) is 0.0670. The molecule has 1 rings (SSSR count). The Hall–Kier alpha value is -0.610. The zero-order chi connectivity index (χ0) is 7.72. The molecular formula is C6H11ClN2O2. The van der Waals surface area contributed by atoms with Gasteiger partial charge in [0.05, 0.1) is 0 Å². The van der Waals surface area contributed by atoms with E-state index in [1.54, 1.807) is 6.92 Å². The number of piperidine rings is 1. The van der Waals surface area contributed by atoms with Crippen LogP contribution in [0.4, 0.5) is 0 Å². The maximum Gasteiger partial charge on any atom is 0.246 e. The molecule has 0 spiro atoms. The molecule has 0 aromatic heterocycles. The van der Waals surface area contributed by atoms with Gasteiger partial charge in [0.1, 0.15) is 0 Å². The average Bonchev–Trinajstić information content (AvgIpc) is 1.93. The molecule has 1 saturated heterocycles. The summed E-state index contributed by atoms with van der Waals surface area (Å²) in [7, 11) is 0. The third-order valence-corrected chi connectivity index (χ3v) is 1.72. The van der Waals surface area contributed by atoms with Crippen LogP contribution >= 0.6 is 12.4 Å². The zero-order valence-electron chi connectivity index (χ0n) is 6.24. The van der Waals surface area contributed by atoms with Crippen molar-refractivity contribution in [3.05, 3.63) is 0 Å². The van der Waals surface area contributed by atoms with E-state index in [4.69, 9.17) is 5.84 Å². The quantitative estimate of drug-likeness (QED) is 0.324. The Balaban J connectivity index is 0.000001000. The first-order chi connectivity index (χ1) is 4.63. The highest BCUT2D eigenvalue weighted by Gasteiger charge is 2.28. The van der Waals surface area contributed by atoms with Crippen LogP contribution in [0.3, 0.4) is 0 Å². The standard InChI is InChI=1S/C6H10N2O2.ClH/c1-4-2-3-5(9)8(7)6(4)10;/h4H,2-3,7H2,1H3;1H. The molecule has 1 atom stereocenters. The number of nitrogens with zero attached hydrogens (tertiary/aromatic N) is 1. The van der Waals surface area contributed by atoms with Gasteiger partial charge in [-0.05, 0) is 6.42 Å². The van der Waals surface area contributed by atoms with Crippen LogP contribution in [-0.2, 0) is 9.59 Å². The van der Waals surface area contributed by atoms with Crippen LogP contribution in [0, 0.1) is 5.92 Å². The lowest BCUT2D eigenvalue weighted by Crippen LogP contribution is -2.48. The topological polar surface area (TPSA) is 63.4 Å². The molecule has 0 aliphatic carbocycles. The molecule has 4 nitrogen and oxygen atoms in total. The minimum atomic E-state index is -0.275. The predicted molar refractivity (Wildman–Crippen MR) is 41.7 cm³/mol. The summed E-state index contributed by atoms with van der Waals surface area (Å²) >= 11 is 0. The maximum absolute atomic E-state index is 10.9. The van der Waals surface area contributed by atoms with Gasteiger partial charge in [-0.3, -0.25) is 9.59 Å². The Morgan fingerprint density at radius 3 is 2.55 bits per heavy atom. The van der Waals surface area contributed by atoms with Gasteiger partial charge in [0.2, 0.25) is 11.8 Å². The molecule has 0 bridgehead atoms. The van der Waals surface area contributed by atoms with Crippen LogP contribution in [0.2, 0.25) is 0 Å². The average molecular weight is 179 g/mol. The van der Waals surface area contributed by atoms with Crippen molar-refractivity contribution in [1.29, 1.82) is 0 Å². The van der Waals surface area contributed by atoms with Crippen LogP contribution in [-0.4, -0.2) is 16.8 Å². The normalized spacial score (nSPS) is 24.9. The number of hydrogen-bond donors (Lipinski definition) is 1. The molecule has 0 aromatic carbocycles. The van der Waals surface area contributed by atoms with Crippen molar-refractivity contribution in [2.45, 2.75) is 19.8 Å². The van der Waals surface area contributed by atoms with Gasteiger partial charge < -0.3 is 0 Å². The lowest BCUT2D eigenvalue weighted by atomic mass is 10.0. The molecule has 1 aliphatic rings. The Morgan fingerprint density at radius 2 is 2.09 bits per heavy atom. The second-order valence-electron chi connectivity index (χ2n) is 2.54. The van der Waals surface area contributed by atoms with Gasteiger partial charge in [0.25, 0.3) is 0 Å². The fourth-order valence-electron chi connectivity index (χ4n) is 0.944. The first-order valence-corrected chi connectivity index (χ1v) is 3.24. The summed E-state index contributed by atoms with van der Waals surface area (Å²) in [6.45, 7) is 1.77. The van der Waals surface area contributed by atoms with Gasteiger partial charge in [0, 0.05) is 12.3 Å². The Bertz CT molecular complexity index is 183. The van der Waals surface area contributed by atoms with E-state index in [1.807, 2.05) is 0 Å². The second-order valence-corrected chi connectivity index (χ2v) is 2.54. The van der Waals surface area contributed by atoms with E-state index in [-0.39, 0.29) is 30.1 Å². The van der Waals surface area contributed by atoms with Crippen LogP contribution < -0.4 is 5.84 Å². The molecule has 0 saturated carbocycles. The molecule has 2 amide bonds. The van der Waals surface area contributed by atoms with E-state index >= 15 is 0 Å². The third-order valence-electron chi connectivity index (χ3n) is 1.72. The van der Waals surface area contributed by atoms with Gasteiger partial charge in [0.15, 0.2) is 0 Å². The molecule has 0 radical (unpaired) electrons. The lowest BCUT2D eigenvalue weighted by Gasteiger charge is -2.23. The first kappa shape index (κ1) is 10.4. The van der Waals surface area contributed by atoms with Gasteiger partial charge in [-0.1, -0.05) is 6.92 Å². The monoisotopic (exact) mass is 178 g/mol. The van der Waals surface area contributed by atoms with E-state index in [1.165, 1.54) is 0 Å². The number of hydrogen-bond acceptors (Lipinski definition) is 3. The maximum atomic E-state index is 10.9. The fraction of sp³-hybridized carbons (Fsp3) is 0.667. The molecule has 5 heteroatoms.